The van der Waals surface area contributed by atoms with Crippen molar-refractivity contribution in [2.45, 2.75) is 23.9 Å². The van der Waals surface area contributed by atoms with Crippen molar-refractivity contribution in [3.8, 4) is 5.69 Å². The van der Waals surface area contributed by atoms with Gasteiger partial charge in [-0.3, -0.25) is 14.7 Å². The van der Waals surface area contributed by atoms with Gasteiger partial charge < -0.3 is 5.73 Å². The molecule has 0 saturated heterocycles. The van der Waals surface area contributed by atoms with Gasteiger partial charge in [-0.1, -0.05) is 42.1 Å². The van der Waals surface area contributed by atoms with E-state index >= 15 is 0 Å². The van der Waals surface area contributed by atoms with E-state index in [0.29, 0.717) is 11.0 Å². The highest BCUT2D eigenvalue weighted by molar-refractivity contribution is 7.98. The number of nitro groups is 1. The lowest BCUT2D eigenvalue weighted by atomic mass is 10.2. The number of thioether (sulfide) groups is 1. The van der Waals surface area contributed by atoms with Crippen LogP contribution in [0.4, 0.5) is 5.69 Å². The van der Waals surface area contributed by atoms with Crippen molar-refractivity contribution >= 4 is 17.4 Å². The number of non-ortho nitro benzene ring substituents is 1. The zero-order valence-corrected chi connectivity index (χ0v) is 14.4. The van der Waals surface area contributed by atoms with E-state index in [1.165, 1.54) is 17.7 Å². The number of nitrogens with zero attached hydrogens (tertiary/aromatic N) is 4. The minimum atomic E-state index is -0.423. The number of benzene rings is 2. The van der Waals surface area contributed by atoms with E-state index in [4.69, 9.17) is 5.73 Å². The molecule has 1 atom stereocenters. The highest BCUT2D eigenvalue weighted by Crippen LogP contribution is 2.27. The van der Waals surface area contributed by atoms with E-state index in [-0.39, 0.29) is 11.7 Å². The number of aromatic nitrogens is 3. The lowest BCUT2D eigenvalue weighted by Gasteiger charge is -2.12. The van der Waals surface area contributed by atoms with Crippen molar-refractivity contribution in [2.75, 3.05) is 0 Å². The first-order valence-electron chi connectivity index (χ1n) is 7.68. The molecule has 1 heterocycles. The van der Waals surface area contributed by atoms with Crippen LogP contribution >= 0.6 is 11.8 Å². The monoisotopic (exact) mass is 355 g/mol. The van der Waals surface area contributed by atoms with Gasteiger partial charge in [-0.05, 0) is 24.6 Å². The van der Waals surface area contributed by atoms with Crippen molar-refractivity contribution in [2.24, 2.45) is 5.73 Å². The van der Waals surface area contributed by atoms with Crippen LogP contribution < -0.4 is 5.73 Å². The van der Waals surface area contributed by atoms with Crippen LogP contribution in [0.3, 0.4) is 0 Å². The summed E-state index contributed by atoms with van der Waals surface area (Å²) in [5.41, 5.74) is 7.97. The molecule has 8 heteroatoms. The number of hydrogen-bond acceptors (Lipinski definition) is 6. The van der Waals surface area contributed by atoms with Crippen LogP contribution in [0, 0.1) is 10.1 Å². The highest BCUT2D eigenvalue weighted by Gasteiger charge is 2.18. The average Bonchev–Trinajstić information content (AvgIpc) is 3.05. The Bertz CT molecular complexity index is 863. The van der Waals surface area contributed by atoms with E-state index in [1.807, 2.05) is 41.8 Å². The molecule has 0 radical (unpaired) electrons. The fourth-order valence-corrected chi connectivity index (χ4v) is 3.27. The van der Waals surface area contributed by atoms with Crippen molar-refractivity contribution in [1.82, 2.24) is 14.8 Å². The molecule has 0 aliphatic heterocycles. The Kier molecular flexibility index (Phi) is 5.11. The lowest BCUT2D eigenvalue weighted by molar-refractivity contribution is -0.384. The molecule has 0 spiro atoms. The van der Waals surface area contributed by atoms with Crippen LogP contribution in [0.25, 0.3) is 5.69 Å². The molecule has 0 amide bonds. The maximum absolute atomic E-state index is 10.9. The minimum absolute atomic E-state index is 0.0395. The van der Waals surface area contributed by atoms with Gasteiger partial charge in [0.15, 0.2) is 11.0 Å². The smallest absolute Gasteiger partial charge is 0.269 e. The largest absolute Gasteiger partial charge is 0.322 e. The number of nitro benzene ring substituents is 1. The van der Waals surface area contributed by atoms with Gasteiger partial charge in [0.25, 0.3) is 5.69 Å². The van der Waals surface area contributed by atoms with Crippen molar-refractivity contribution in [1.29, 1.82) is 0 Å². The normalized spacial score (nSPS) is 12.1. The molecule has 0 fully saturated rings. The Labute approximate surface area is 149 Å². The Morgan fingerprint density at radius 2 is 1.84 bits per heavy atom. The van der Waals surface area contributed by atoms with E-state index < -0.39 is 4.92 Å². The molecule has 7 nitrogen and oxygen atoms in total. The van der Waals surface area contributed by atoms with Gasteiger partial charge in [0.2, 0.25) is 0 Å². The molecule has 2 aromatic carbocycles. The maximum atomic E-state index is 10.9. The van der Waals surface area contributed by atoms with Crippen LogP contribution in [0.1, 0.15) is 24.4 Å². The van der Waals surface area contributed by atoms with Gasteiger partial charge in [-0.25, -0.2) is 0 Å². The molecular weight excluding hydrogens is 338 g/mol. The summed E-state index contributed by atoms with van der Waals surface area (Å²) >= 11 is 1.54. The van der Waals surface area contributed by atoms with Gasteiger partial charge in [0.05, 0.1) is 11.0 Å². The van der Waals surface area contributed by atoms with Crippen LogP contribution in [-0.2, 0) is 5.75 Å². The second kappa shape index (κ2) is 7.45. The standard InChI is InChI=1S/C17H17N5O2S/c1-12(18)16-19-20-17(25-11-13-5-3-2-4-6-13)21(16)14-7-9-15(10-8-14)22(23)24/h2-10,12H,11,18H2,1H3/t12-/m0/s1. The third-order valence-corrected chi connectivity index (χ3v) is 4.60. The number of rotatable bonds is 6. The molecule has 0 aliphatic carbocycles. The summed E-state index contributed by atoms with van der Waals surface area (Å²) < 4.78 is 1.85. The van der Waals surface area contributed by atoms with Gasteiger partial charge in [-0.15, -0.1) is 10.2 Å². The summed E-state index contributed by atoms with van der Waals surface area (Å²) in [5, 5.41) is 20.0. The van der Waals surface area contributed by atoms with E-state index in [2.05, 4.69) is 10.2 Å². The Morgan fingerprint density at radius 3 is 2.44 bits per heavy atom. The van der Waals surface area contributed by atoms with E-state index in [9.17, 15) is 10.1 Å². The zero-order chi connectivity index (χ0) is 17.8. The van der Waals surface area contributed by atoms with Crippen LogP contribution in [0.15, 0.2) is 59.8 Å². The first-order chi connectivity index (χ1) is 12.1. The molecule has 2 N–H and O–H groups in total. The van der Waals surface area contributed by atoms with Crippen molar-refractivity contribution < 1.29 is 4.92 Å². The van der Waals surface area contributed by atoms with Gasteiger partial charge in [0, 0.05) is 23.6 Å². The van der Waals surface area contributed by atoms with E-state index in [1.54, 1.807) is 23.9 Å². The molecule has 3 rings (SSSR count). The van der Waals surface area contributed by atoms with Crippen LogP contribution in [0.2, 0.25) is 0 Å². The van der Waals surface area contributed by atoms with Crippen LogP contribution in [0.5, 0.6) is 0 Å². The molecule has 0 bridgehead atoms. The second-order valence-electron chi connectivity index (χ2n) is 5.51. The van der Waals surface area contributed by atoms with Crippen molar-refractivity contribution in [3.05, 3.63) is 76.1 Å². The molecule has 3 aromatic rings. The first-order valence-corrected chi connectivity index (χ1v) is 8.67. The first kappa shape index (κ1) is 17.1. The predicted molar refractivity (Wildman–Crippen MR) is 96.6 cm³/mol. The fourth-order valence-electron chi connectivity index (χ4n) is 2.36. The number of nitrogens with two attached hydrogens (primary N) is 1. The zero-order valence-electron chi connectivity index (χ0n) is 13.6. The predicted octanol–water partition coefficient (Wildman–Crippen LogP) is 3.49. The topological polar surface area (TPSA) is 99.9 Å². The molecule has 25 heavy (non-hydrogen) atoms. The highest BCUT2D eigenvalue weighted by atomic mass is 32.2. The third kappa shape index (κ3) is 3.86. The molecule has 0 aliphatic rings. The molecule has 1 aromatic heterocycles. The van der Waals surface area contributed by atoms with Crippen molar-refractivity contribution in [3.63, 3.8) is 0 Å². The summed E-state index contributed by atoms with van der Waals surface area (Å²) in [6.45, 7) is 1.83. The molecule has 0 unspecified atom stereocenters. The SMILES string of the molecule is C[C@H](N)c1nnc(SCc2ccccc2)n1-c1ccc([N+](=O)[O-])cc1. The van der Waals surface area contributed by atoms with Gasteiger partial charge in [0.1, 0.15) is 0 Å². The van der Waals surface area contributed by atoms with E-state index in [0.717, 1.165) is 11.4 Å². The fraction of sp³-hybridized carbons (Fsp3) is 0.176. The molecule has 128 valence electrons. The third-order valence-electron chi connectivity index (χ3n) is 3.60. The summed E-state index contributed by atoms with van der Waals surface area (Å²) in [4.78, 5) is 10.4. The van der Waals surface area contributed by atoms with Gasteiger partial charge >= 0.3 is 0 Å². The molecular formula is C17H17N5O2S. The lowest BCUT2D eigenvalue weighted by Crippen LogP contribution is -2.13. The molecule has 0 saturated carbocycles. The summed E-state index contributed by atoms with van der Waals surface area (Å²) in [5.74, 6) is 1.36. The Morgan fingerprint density at radius 1 is 1.16 bits per heavy atom. The summed E-state index contributed by atoms with van der Waals surface area (Å²) in [7, 11) is 0. The van der Waals surface area contributed by atoms with Gasteiger partial charge in [-0.2, -0.15) is 0 Å². The van der Waals surface area contributed by atoms with Crippen LogP contribution in [-0.4, -0.2) is 19.7 Å². The quantitative estimate of drug-likeness (QED) is 0.413. The Balaban J connectivity index is 1.93. The number of hydrogen-bond donors (Lipinski definition) is 1. The summed E-state index contributed by atoms with van der Waals surface area (Å²) in [6.07, 6.45) is 0. The minimum Gasteiger partial charge on any atom is -0.322 e. The maximum Gasteiger partial charge on any atom is 0.269 e. The Hall–Kier alpha value is -2.71. The average molecular weight is 355 g/mol. The second-order valence-corrected chi connectivity index (χ2v) is 6.46. The summed E-state index contributed by atoms with van der Waals surface area (Å²) in [6, 6.07) is 16.0.